The van der Waals surface area contributed by atoms with Crippen LogP contribution in [0.5, 0.6) is 5.75 Å². The van der Waals surface area contributed by atoms with Crippen molar-refractivity contribution in [3.8, 4) is 5.75 Å². The number of rotatable bonds is 15. The quantitative estimate of drug-likeness (QED) is 0.115. The van der Waals surface area contributed by atoms with Gasteiger partial charge in [0, 0.05) is 43.9 Å². The van der Waals surface area contributed by atoms with Gasteiger partial charge in [0.1, 0.15) is 23.3 Å². The molecule has 1 aliphatic carbocycles. The highest BCUT2D eigenvalue weighted by Crippen LogP contribution is 2.33. The second kappa shape index (κ2) is 16.9. The first kappa shape index (κ1) is 32.5. The zero-order valence-electron chi connectivity index (χ0n) is 27.0. The van der Waals surface area contributed by atoms with Crippen molar-refractivity contribution in [1.29, 1.82) is 0 Å². The third-order valence-corrected chi connectivity index (χ3v) is 9.11. The highest BCUT2D eigenvalue weighted by Gasteiger charge is 2.22. The summed E-state index contributed by atoms with van der Waals surface area (Å²) in [5, 5.41) is 7.23. The second-order valence-corrected chi connectivity index (χ2v) is 12.8. The molecule has 6 rings (SSSR count). The lowest BCUT2D eigenvalue weighted by atomic mass is 9.95. The minimum absolute atomic E-state index is 0.00792. The molecular weight excluding hydrogens is 584 g/mol. The molecule has 0 radical (unpaired) electrons. The van der Waals surface area contributed by atoms with Crippen molar-refractivity contribution < 1.29 is 23.8 Å². The van der Waals surface area contributed by atoms with E-state index in [1.165, 1.54) is 19.3 Å². The lowest BCUT2D eigenvalue weighted by Gasteiger charge is -2.25. The zero-order chi connectivity index (χ0) is 31.4. The van der Waals surface area contributed by atoms with E-state index >= 15 is 0 Å². The fraction of sp³-hybridized carbons (Fsp3) is 0.629. The fourth-order valence-corrected chi connectivity index (χ4v) is 6.51. The van der Waals surface area contributed by atoms with Crippen LogP contribution >= 0.6 is 0 Å². The highest BCUT2D eigenvalue weighted by molar-refractivity contribution is 5.89. The number of hydroxylamine groups is 1. The maximum Gasteiger partial charge on any atom is 0.243 e. The van der Waals surface area contributed by atoms with Gasteiger partial charge in [-0.3, -0.25) is 4.79 Å². The van der Waals surface area contributed by atoms with Crippen LogP contribution < -0.4 is 20.9 Å². The van der Waals surface area contributed by atoms with Crippen molar-refractivity contribution in [2.45, 2.75) is 121 Å². The van der Waals surface area contributed by atoms with Gasteiger partial charge in [-0.2, -0.15) is 0 Å². The van der Waals surface area contributed by atoms with E-state index in [-0.39, 0.29) is 18.4 Å². The number of amides is 1. The molecule has 0 spiro atoms. The molecule has 4 heterocycles. The molecule has 2 saturated heterocycles. The van der Waals surface area contributed by atoms with Gasteiger partial charge in [-0.15, -0.1) is 0 Å². The summed E-state index contributed by atoms with van der Waals surface area (Å²) < 4.78 is 19.7. The lowest BCUT2D eigenvalue weighted by Crippen LogP contribution is -2.32. The third kappa shape index (κ3) is 9.33. The van der Waals surface area contributed by atoms with Gasteiger partial charge in [-0.1, -0.05) is 32.1 Å². The SMILES string of the molecule is O=C(CCCCCCOc1ccc(Nc2cc3c(ncn3C3CCCCO3)c(NC3CCCCC3)n2)cc1)NOC1CCCCO1. The van der Waals surface area contributed by atoms with Gasteiger partial charge in [0.2, 0.25) is 5.91 Å². The second-order valence-electron chi connectivity index (χ2n) is 12.8. The first-order valence-corrected chi connectivity index (χ1v) is 17.5. The van der Waals surface area contributed by atoms with E-state index in [2.05, 4.69) is 26.7 Å². The topological polar surface area (TPSA) is 121 Å². The number of hydrogen-bond acceptors (Lipinski definition) is 9. The summed E-state index contributed by atoms with van der Waals surface area (Å²) in [5.74, 6) is 2.36. The number of carbonyl (C=O) groups is 1. The summed E-state index contributed by atoms with van der Waals surface area (Å²) >= 11 is 0. The van der Waals surface area contributed by atoms with Gasteiger partial charge in [0.25, 0.3) is 0 Å². The Labute approximate surface area is 272 Å². The number of nitrogens with one attached hydrogen (secondary N) is 3. The molecule has 3 aliphatic rings. The molecule has 250 valence electrons. The number of anilines is 3. The van der Waals surface area contributed by atoms with Crippen LogP contribution in [0.2, 0.25) is 0 Å². The Morgan fingerprint density at radius 2 is 1.67 bits per heavy atom. The molecule has 2 atom stereocenters. The Morgan fingerprint density at radius 1 is 0.891 bits per heavy atom. The summed E-state index contributed by atoms with van der Waals surface area (Å²) in [4.78, 5) is 27.1. The Hall–Kier alpha value is -3.41. The van der Waals surface area contributed by atoms with Crippen molar-refractivity contribution in [3.05, 3.63) is 36.7 Å². The maximum atomic E-state index is 12.0. The Bertz CT molecular complexity index is 1360. The minimum Gasteiger partial charge on any atom is -0.494 e. The van der Waals surface area contributed by atoms with Crippen LogP contribution in [0.15, 0.2) is 36.7 Å². The monoisotopic (exact) mass is 634 g/mol. The van der Waals surface area contributed by atoms with Gasteiger partial charge in [0.05, 0.1) is 18.5 Å². The van der Waals surface area contributed by atoms with Gasteiger partial charge in [-0.05, 0) is 82.1 Å². The number of benzene rings is 1. The molecule has 3 fully saturated rings. The van der Waals surface area contributed by atoms with Crippen molar-refractivity contribution in [3.63, 3.8) is 0 Å². The molecule has 1 aromatic carbocycles. The largest absolute Gasteiger partial charge is 0.494 e. The third-order valence-electron chi connectivity index (χ3n) is 9.11. The standard InChI is InChI=1S/C35H50N6O5/c42-31(40-46-33-16-8-11-23-45-33)14-6-1-2-9-21-43-28-19-17-27(18-20-28)37-30-24-29-34(35(39-30)38-26-12-4-3-5-13-26)36-25-41(29)32-15-7-10-22-44-32/h17-20,24-26,32-33H,1-16,21-23H2,(H,40,42)(H2,37,38,39). The van der Waals surface area contributed by atoms with Crippen molar-refractivity contribution in [1.82, 2.24) is 20.0 Å². The highest BCUT2D eigenvalue weighted by atomic mass is 16.8. The smallest absolute Gasteiger partial charge is 0.243 e. The number of fused-ring (bicyclic) bond motifs is 1. The van der Waals surface area contributed by atoms with E-state index in [4.69, 9.17) is 29.0 Å². The number of imidazole rings is 1. The van der Waals surface area contributed by atoms with E-state index in [0.717, 1.165) is 118 Å². The molecular formula is C35H50N6O5. The van der Waals surface area contributed by atoms with Gasteiger partial charge in [-0.25, -0.2) is 20.3 Å². The predicted octanol–water partition coefficient (Wildman–Crippen LogP) is 7.52. The lowest BCUT2D eigenvalue weighted by molar-refractivity contribution is -0.200. The van der Waals surface area contributed by atoms with Crippen LogP contribution in [0.25, 0.3) is 11.0 Å². The molecule has 11 heteroatoms. The van der Waals surface area contributed by atoms with Crippen molar-refractivity contribution in [2.24, 2.45) is 0 Å². The van der Waals surface area contributed by atoms with Crippen LogP contribution in [0.4, 0.5) is 17.3 Å². The van der Waals surface area contributed by atoms with Crippen molar-refractivity contribution >= 4 is 34.3 Å². The van der Waals surface area contributed by atoms with Crippen LogP contribution in [0, 0.1) is 0 Å². The summed E-state index contributed by atoms with van der Waals surface area (Å²) in [6.45, 7) is 2.12. The van der Waals surface area contributed by atoms with E-state index in [1.54, 1.807) is 0 Å². The number of hydrogen-bond donors (Lipinski definition) is 3. The average molecular weight is 635 g/mol. The van der Waals surface area contributed by atoms with E-state index in [1.807, 2.05) is 30.6 Å². The molecule has 46 heavy (non-hydrogen) atoms. The van der Waals surface area contributed by atoms with Gasteiger partial charge < -0.3 is 29.4 Å². The van der Waals surface area contributed by atoms with E-state index < -0.39 is 0 Å². The molecule has 2 aromatic heterocycles. The number of aromatic nitrogens is 3. The number of pyridine rings is 1. The van der Waals surface area contributed by atoms with Crippen LogP contribution in [-0.2, 0) is 19.1 Å². The summed E-state index contributed by atoms with van der Waals surface area (Å²) in [7, 11) is 0. The Balaban J connectivity index is 0.971. The van der Waals surface area contributed by atoms with Gasteiger partial charge in [0.15, 0.2) is 12.1 Å². The van der Waals surface area contributed by atoms with Gasteiger partial charge >= 0.3 is 0 Å². The summed E-state index contributed by atoms with van der Waals surface area (Å²) in [6.07, 6.45) is 18.2. The minimum atomic E-state index is -0.306. The summed E-state index contributed by atoms with van der Waals surface area (Å²) in [6, 6.07) is 10.5. The van der Waals surface area contributed by atoms with Crippen LogP contribution in [-0.4, -0.2) is 52.6 Å². The van der Waals surface area contributed by atoms with Crippen molar-refractivity contribution in [2.75, 3.05) is 30.5 Å². The Kier molecular flexibility index (Phi) is 12.0. The van der Waals surface area contributed by atoms with E-state index in [9.17, 15) is 4.79 Å². The number of ether oxygens (including phenoxy) is 3. The molecule has 1 amide bonds. The van der Waals surface area contributed by atoms with Crippen LogP contribution in [0.3, 0.4) is 0 Å². The molecule has 2 aliphatic heterocycles. The first-order valence-electron chi connectivity index (χ1n) is 17.5. The summed E-state index contributed by atoms with van der Waals surface area (Å²) in [5.41, 5.74) is 5.40. The number of unbranched alkanes of at least 4 members (excludes halogenated alkanes) is 3. The Morgan fingerprint density at radius 3 is 2.46 bits per heavy atom. The van der Waals surface area contributed by atoms with E-state index in [0.29, 0.717) is 25.7 Å². The maximum absolute atomic E-state index is 12.0. The normalized spacial score (nSPS) is 20.8. The molecule has 3 aromatic rings. The first-order chi connectivity index (χ1) is 22.7. The number of nitrogens with zero attached hydrogens (tertiary/aromatic N) is 3. The molecule has 0 bridgehead atoms. The number of carbonyl (C=O) groups excluding carboxylic acids is 1. The molecule has 2 unspecified atom stereocenters. The predicted molar refractivity (Wildman–Crippen MR) is 178 cm³/mol. The average Bonchev–Trinajstić information content (AvgIpc) is 3.53. The molecule has 1 saturated carbocycles. The fourth-order valence-electron chi connectivity index (χ4n) is 6.51. The molecule has 3 N–H and O–H groups in total. The molecule has 11 nitrogen and oxygen atoms in total. The zero-order valence-corrected chi connectivity index (χ0v) is 27.0. The van der Waals surface area contributed by atoms with Crippen LogP contribution in [0.1, 0.15) is 109 Å².